The Hall–Kier alpha value is -2.94. The van der Waals surface area contributed by atoms with Crippen LogP contribution in [0, 0.1) is 17.1 Å². The van der Waals surface area contributed by atoms with Crippen LogP contribution in [0.5, 0.6) is 5.75 Å². The molecule has 5 nitrogen and oxygen atoms in total. The maximum absolute atomic E-state index is 13.8. The summed E-state index contributed by atoms with van der Waals surface area (Å²) in [6.07, 6.45) is 2.57. The summed E-state index contributed by atoms with van der Waals surface area (Å²) in [7, 11) is 0. The predicted octanol–water partition coefficient (Wildman–Crippen LogP) is 2.37. The van der Waals surface area contributed by atoms with Gasteiger partial charge in [0.2, 0.25) is 0 Å². The van der Waals surface area contributed by atoms with E-state index in [0.717, 1.165) is 0 Å². The predicted molar refractivity (Wildman–Crippen MR) is 66.6 cm³/mol. The van der Waals surface area contributed by atoms with Crippen LogP contribution in [0.25, 0.3) is 0 Å². The summed E-state index contributed by atoms with van der Waals surface area (Å²) < 4.78 is 19.1. The average molecular weight is 272 g/mol. The Morgan fingerprint density at radius 3 is 2.95 bits per heavy atom. The number of rotatable bonds is 4. The first-order chi connectivity index (χ1) is 9.63. The zero-order chi connectivity index (χ0) is 14.5. The van der Waals surface area contributed by atoms with Gasteiger partial charge < -0.3 is 9.84 Å². The molecule has 1 aromatic heterocycles. The van der Waals surface area contributed by atoms with E-state index < -0.39 is 11.8 Å². The van der Waals surface area contributed by atoms with Crippen molar-refractivity contribution in [3.8, 4) is 11.8 Å². The molecular formula is C14H9FN2O3. The maximum atomic E-state index is 13.8. The molecule has 0 saturated carbocycles. The number of carboxylic acids is 1. The number of hydrogen-bond donors (Lipinski definition) is 1. The Morgan fingerprint density at radius 2 is 2.25 bits per heavy atom. The van der Waals surface area contributed by atoms with Gasteiger partial charge in [0.1, 0.15) is 24.1 Å². The number of benzene rings is 1. The SMILES string of the molecule is N#Cc1cccc(COc2cnccc2C(=O)O)c1F. The van der Waals surface area contributed by atoms with Gasteiger partial charge in [-0.25, -0.2) is 9.18 Å². The molecule has 0 spiro atoms. The first-order valence-corrected chi connectivity index (χ1v) is 5.61. The fourth-order valence-electron chi connectivity index (χ4n) is 1.60. The van der Waals surface area contributed by atoms with E-state index in [2.05, 4.69) is 4.98 Å². The monoisotopic (exact) mass is 272 g/mol. The van der Waals surface area contributed by atoms with Crippen molar-refractivity contribution < 1.29 is 19.0 Å². The molecule has 2 aromatic rings. The highest BCUT2D eigenvalue weighted by atomic mass is 19.1. The van der Waals surface area contributed by atoms with Crippen LogP contribution in [0.4, 0.5) is 4.39 Å². The van der Waals surface area contributed by atoms with E-state index in [9.17, 15) is 9.18 Å². The van der Waals surface area contributed by atoms with Crippen molar-refractivity contribution in [2.24, 2.45) is 0 Å². The Balaban J connectivity index is 2.22. The van der Waals surface area contributed by atoms with Crippen molar-refractivity contribution in [3.05, 3.63) is 59.2 Å². The Bertz CT molecular complexity index is 695. The van der Waals surface area contributed by atoms with Crippen molar-refractivity contribution in [2.45, 2.75) is 6.61 Å². The zero-order valence-corrected chi connectivity index (χ0v) is 10.2. The molecule has 6 heteroatoms. The van der Waals surface area contributed by atoms with Crippen molar-refractivity contribution in [3.63, 3.8) is 0 Å². The normalized spacial score (nSPS) is 9.80. The third-order valence-electron chi connectivity index (χ3n) is 2.60. The zero-order valence-electron chi connectivity index (χ0n) is 10.2. The maximum Gasteiger partial charge on any atom is 0.339 e. The Morgan fingerprint density at radius 1 is 1.45 bits per heavy atom. The molecule has 0 bridgehead atoms. The van der Waals surface area contributed by atoms with Crippen molar-refractivity contribution in [1.29, 1.82) is 5.26 Å². The third kappa shape index (κ3) is 2.72. The molecule has 0 unspecified atom stereocenters. The summed E-state index contributed by atoms with van der Waals surface area (Å²) in [5, 5.41) is 17.7. The lowest BCUT2D eigenvalue weighted by molar-refractivity contribution is 0.0691. The number of hydrogen-bond acceptors (Lipinski definition) is 4. The highest BCUT2D eigenvalue weighted by Gasteiger charge is 2.13. The summed E-state index contributed by atoms with van der Waals surface area (Å²) in [6.45, 7) is -0.187. The van der Waals surface area contributed by atoms with E-state index in [-0.39, 0.29) is 29.0 Å². The number of nitrogens with zero attached hydrogens (tertiary/aromatic N) is 2. The van der Waals surface area contributed by atoms with Gasteiger partial charge in [0.15, 0.2) is 5.75 Å². The molecule has 0 atom stereocenters. The molecule has 0 radical (unpaired) electrons. The van der Waals surface area contributed by atoms with E-state index >= 15 is 0 Å². The van der Waals surface area contributed by atoms with Gasteiger partial charge in [-0.15, -0.1) is 0 Å². The summed E-state index contributed by atoms with van der Waals surface area (Å²) in [5.41, 5.74) is 0.0248. The highest BCUT2D eigenvalue weighted by Crippen LogP contribution is 2.19. The quantitative estimate of drug-likeness (QED) is 0.923. The molecule has 1 heterocycles. The molecule has 20 heavy (non-hydrogen) atoms. The average Bonchev–Trinajstić information content (AvgIpc) is 2.46. The van der Waals surface area contributed by atoms with Crippen molar-refractivity contribution >= 4 is 5.97 Å². The van der Waals surface area contributed by atoms with Crippen LogP contribution in [-0.2, 0) is 6.61 Å². The fourth-order valence-corrected chi connectivity index (χ4v) is 1.60. The van der Waals surface area contributed by atoms with Gasteiger partial charge in [0.25, 0.3) is 0 Å². The minimum Gasteiger partial charge on any atom is -0.486 e. The van der Waals surface area contributed by atoms with E-state index in [0.29, 0.717) is 0 Å². The lowest BCUT2D eigenvalue weighted by Crippen LogP contribution is -2.05. The van der Waals surface area contributed by atoms with E-state index in [1.807, 2.05) is 0 Å². The van der Waals surface area contributed by atoms with Gasteiger partial charge in [0, 0.05) is 11.8 Å². The Kier molecular flexibility index (Phi) is 3.91. The number of nitriles is 1. The number of carbonyl (C=O) groups is 1. The van der Waals surface area contributed by atoms with Crippen LogP contribution in [0.15, 0.2) is 36.7 Å². The molecule has 100 valence electrons. The second-order valence-corrected chi connectivity index (χ2v) is 3.86. The van der Waals surface area contributed by atoms with Crippen molar-refractivity contribution in [1.82, 2.24) is 4.98 Å². The Labute approximate surface area is 113 Å². The van der Waals surface area contributed by atoms with Crippen LogP contribution in [-0.4, -0.2) is 16.1 Å². The number of aromatic nitrogens is 1. The molecule has 0 aliphatic heterocycles. The van der Waals surface area contributed by atoms with Gasteiger partial charge in [-0.1, -0.05) is 12.1 Å². The molecule has 1 aromatic carbocycles. The largest absolute Gasteiger partial charge is 0.486 e. The first kappa shape index (κ1) is 13.5. The van der Waals surface area contributed by atoms with Crippen LogP contribution in [0.3, 0.4) is 0 Å². The molecule has 2 rings (SSSR count). The topological polar surface area (TPSA) is 83.2 Å². The third-order valence-corrected chi connectivity index (χ3v) is 2.60. The van der Waals surface area contributed by atoms with E-state index in [4.69, 9.17) is 15.1 Å². The number of aromatic carboxylic acids is 1. The summed E-state index contributed by atoms with van der Waals surface area (Å²) in [5.74, 6) is -1.79. The van der Waals surface area contributed by atoms with Crippen molar-refractivity contribution in [2.75, 3.05) is 0 Å². The van der Waals surface area contributed by atoms with Gasteiger partial charge in [-0.2, -0.15) is 5.26 Å². The molecule has 0 aliphatic carbocycles. The fraction of sp³-hybridized carbons (Fsp3) is 0.0714. The lowest BCUT2D eigenvalue weighted by atomic mass is 10.1. The second-order valence-electron chi connectivity index (χ2n) is 3.86. The van der Waals surface area contributed by atoms with Gasteiger partial charge in [0.05, 0.1) is 11.8 Å². The van der Waals surface area contributed by atoms with Crippen LogP contribution in [0.1, 0.15) is 21.5 Å². The summed E-state index contributed by atoms with van der Waals surface area (Å²) in [6, 6.07) is 7.37. The smallest absolute Gasteiger partial charge is 0.339 e. The lowest BCUT2D eigenvalue weighted by Gasteiger charge is -2.09. The number of ether oxygens (including phenoxy) is 1. The molecular weight excluding hydrogens is 263 g/mol. The molecule has 1 N–H and O–H groups in total. The minimum atomic E-state index is -1.16. The second kappa shape index (κ2) is 5.80. The number of carboxylic acid groups (broad SMARTS) is 1. The molecule has 0 fully saturated rings. The van der Waals surface area contributed by atoms with Crippen LogP contribution >= 0.6 is 0 Å². The van der Waals surface area contributed by atoms with E-state index in [1.165, 1.54) is 36.7 Å². The van der Waals surface area contributed by atoms with Gasteiger partial charge in [-0.05, 0) is 12.1 Å². The van der Waals surface area contributed by atoms with Gasteiger partial charge >= 0.3 is 5.97 Å². The molecule has 0 aliphatic rings. The number of pyridine rings is 1. The standard InChI is InChI=1S/C14H9FN2O3/c15-13-9(6-16)2-1-3-10(13)8-20-12-7-17-5-4-11(12)14(18)19/h1-5,7H,8H2,(H,18,19). The molecule has 0 amide bonds. The molecule has 0 saturated heterocycles. The van der Waals surface area contributed by atoms with E-state index in [1.54, 1.807) is 6.07 Å². The highest BCUT2D eigenvalue weighted by molar-refractivity contribution is 5.90. The summed E-state index contributed by atoms with van der Waals surface area (Å²) in [4.78, 5) is 14.7. The number of halogens is 1. The minimum absolute atomic E-state index is 0.0433. The van der Waals surface area contributed by atoms with Gasteiger partial charge in [-0.3, -0.25) is 4.98 Å². The van der Waals surface area contributed by atoms with Crippen LogP contribution in [0.2, 0.25) is 0 Å². The van der Waals surface area contributed by atoms with Crippen LogP contribution < -0.4 is 4.74 Å². The summed E-state index contributed by atoms with van der Waals surface area (Å²) >= 11 is 0. The first-order valence-electron chi connectivity index (χ1n) is 5.61.